The molecule has 18 heavy (non-hydrogen) atoms. The Balaban J connectivity index is 4.07. The van der Waals surface area contributed by atoms with Gasteiger partial charge in [0.25, 0.3) is 0 Å². The van der Waals surface area contributed by atoms with Crippen LogP contribution in [0.3, 0.4) is 0 Å². The standard InChI is InChI=1S/C12H32O3Si3/c1-13-18(14-2,15-3)11-8-10-17(6,7)12-9-16(4)5/h16H,8-12H2,1-7H3. The van der Waals surface area contributed by atoms with Crippen molar-refractivity contribution in [1.82, 2.24) is 0 Å². The van der Waals surface area contributed by atoms with Crippen molar-refractivity contribution in [3.05, 3.63) is 0 Å². The quantitative estimate of drug-likeness (QED) is 0.579. The van der Waals surface area contributed by atoms with E-state index in [1.165, 1.54) is 24.6 Å². The Morgan fingerprint density at radius 2 is 1.33 bits per heavy atom. The summed E-state index contributed by atoms with van der Waals surface area (Å²) in [6, 6.07) is 5.30. The summed E-state index contributed by atoms with van der Waals surface area (Å²) in [5.41, 5.74) is 0. The Bertz CT molecular complexity index is 210. The van der Waals surface area contributed by atoms with E-state index in [1.54, 1.807) is 21.3 Å². The second-order valence-corrected chi connectivity index (χ2v) is 18.0. The van der Waals surface area contributed by atoms with Crippen molar-refractivity contribution in [2.75, 3.05) is 21.3 Å². The first-order valence-electron chi connectivity index (χ1n) is 6.96. The maximum Gasteiger partial charge on any atom is 0.500 e. The molecule has 0 atom stereocenters. The summed E-state index contributed by atoms with van der Waals surface area (Å²) < 4.78 is 16.4. The molecule has 0 fully saturated rings. The van der Waals surface area contributed by atoms with E-state index in [0.29, 0.717) is 0 Å². The minimum atomic E-state index is -2.33. The van der Waals surface area contributed by atoms with E-state index >= 15 is 0 Å². The topological polar surface area (TPSA) is 27.7 Å². The smallest absolute Gasteiger partial charge is 0.377 e. The molecule has 0 amide bonds. The molecule has 0 N–H and O–H groups in total. The minimum absolute atomic E-state index is 0.387. The number of rotatable bonds is 10. The molecule has 0 bridgehead atoms. The Morgan fingerprint density at radius 3 is 1.72 bits per heavy atom. The van der Waals surface area contributed by atoms with Gasteiger partial charge in [0.1, 0.15) is 0 Å². The van der Waals surface area contributed by atoms with Gasteiger partial charge in [-0.1, -0.05) is 50.7 Å². The van der Waals surface area contributed by atoms with Crippen LogP contribution in [-0.2, 0) is 13.3 Å². The van der Waals surface area contributed by atoms with Crippen LogP contribution in [0.15, 0.2) is 0 Å². The zero-order valence-corrected chi connectivity index (χ0v) is 16.5. The highest BCUT2D eigenvalue weighted by molar-refractivity contribution is 6.78. The largest absolute Gasteiger partial charge is 0.500 e. The summed E-state index contributed by atoms with van der Waals surface area (Å²) in [4.78, 5) is 0. The van der Waals surface area contributed by atoms with Gasteiger partial charge >= 0.3 is 8.80 Å². The lowest BCUT2D eigenvalue weighted by Gasteiger charge is -2.27. The zero-order valence-electron chi connectivity index (χ0n) is 13.3. The molecule has 6 heteroatoms. The molecule has 110 valence electrons. The molecule has 0 radical (unpaired) electrons. The third-order valence-corrected chi connectivity index (χ3v) is 11.9. The lowest BCUT2D eigenvalue weighted by molar-refractivity contribution is 0.123. The van der Waals surface area contributed by atoms with E-state index in [2.05, 4.69) is 26.2 Å². The predicted molar refractivity (Wildman–Crippen MR) is 87.0 cm³/mol. The van der Waals surface area contributed by atoms with Crippen molar-refractivity contribution in [2.24, 2.45) is 0 Å². The minimum Gasteiger partial charge on any atom is -0.377 e. The van der Waals surface area contributed by atoms with Crippen LogP contribution in [0.1, 0.15) is 6.42 Å². The second kappa shape index (κ2) is 8.65. The molecule has 0 aliphatic heterocycles. The molecular weight excluding hydrogens is 276 g/mol. The Morgan fingerprint density at radius 1 is 0.833 bits per heavy atom. The molecule has 0 aromatic rings. The van der Waals surface area contributed by atoms with Gasteiger partial charge in [0, 0.05) is 44.2 Å². The summed E-state index contributed by atoms with van der Waals surface area (Å²) in [5, 5.41) is 0. The summed E-state index contributed by atoms with van der Waals surface area (Å²) in [6.45, 7) is 9.92. The second-order valence-electron chi connectivity index (χ2n) is 6.25. The van der Waals surface area contributed by atoms with Crippen LogP contribution >= 0.6 is 0 Å². The van der Waals surface area contributed by atoms with Crippen molar-refractivity contribution < 1.29 is 13.3 Å². The lowest BCUT2D eigenvalue weighted by Crippen LogP contribution is -2.43. The van der Waals surface area contributed by atoms with Gasteiger partial charge in [0.2, 0.25) is 0 Å². The average molecular weight is 309 g/mol. The molecule has 0 aliphatic carbocycles. The van der Waals surface area contributed by atoms with Crippen LogP contribution in [0.4, 0.5) is 0 Å². The first kappa shape index (κ1) is 18.5. The first-order chi connectivity index (χ1) is 8.31. The highest BCUT2D eigenvalue weighted by Crippen LogP contribution is 2.25. The molecule has 0 aliphatic rings. The van der Waals surface area contributed by atoms with Crippen LogP contribution in [0.5, 0.6) is 0 Å². The molecule has 0 unspecified atom stereocenters. The van der Waals surface area contributed by atoms with Crippen LogP contribution < -0.4 is 0 Å². The van der Waals surface area contributed by atoms with Gasteiger partial charge in [0.05, 0.1) is 0 Å². The van der Waals surface area contributed by atoms with Gasteiger partial charge in [-0.25, -0.2) is 0 Å². The van der Waals surface area contributed by atoms with E-state index in [9.17, 15) is 0 Å². The highest BCUT2D eigenvalue weighted by Gasteiger charge is 2.37. The van der Waals surface area contributed by atoms with Gasteiger partial charge in [-0.2, -0.15) is 0 Å². The molecular formula is C12H32O3Si3. The van der Waals surface area contributed by atoms with E-state index in [1.807, 2.05) is 0 Å². The maximum absolute atomic E-state index is 5.47. The number of hydrogen-bond donors (Lipinski definition) is 0. The molecule has 3 nitrogen and oxygen atoms in total. The molecule has 0 rings (SSSR count). The summed E-state index contributed by atoms with van der Waals surface area (Å²) in [7, 11) is 1.37. The van der Waals surface area contributed by atoms with Gasteiger partial charge in [0.15, 0.2) is 0 Å². The third-order valence-electron chi connectivity index (χ3n) is 3.67. The monoisotopic (exact) mass is 308 g/mol. The van der Waals surface area contributed by atoms with Crippen LogP contribution in [0, 0.1) is 0 Å². The fourth-order valence-corrected chi connectivity index (χ4v) is 11.0. The molecule has 0 aromatic carbocycles. The fourth-order valence-electron chi connectivity index (χ4n) is 2.14. The summed E-state index contributed by atoms with van der Waals surface area (Å²) in [6.07, 6.45) is 1.18. The Hall–Kier alpha value is 0.531. The fraction of sp³-hybridized carbons (Fsp3) is 1.00. The van der Waals surface area contributed by atoms with Crippen LogP contribution in [0.25, 0.3) is 0 Å². The predicted octanol–water partition coefficient (Wildman–Crippen LogP) is 3.45. The Kier molecular flexibility index (Phi) is 8.91. The van der Waals surface area contributed by atoms with Gasteiger partial charge in [-0.05, 0) is 0 Å². The van der Waals surface area contributed by atoms with Crippen molar-refractivity contribution in [1.29, 1.82) is 0 Å². The van der Waals surface area contributed by atoms with Crippen LogP contribution in [-0.4, -0.2) is 47.0 Å². The summed E-state index contributed by atoms with van der Waals surface area (Å²) in [5.74, 6) is 0. The van der Waals surface area contributed by atoms with E-state index < -0.39 is 16.9 Å². The van der Waals surface area contributed by atoms with Crippen molar-refractivity contribution in [2.45, 2.75) is 56.8 Å². The Labute approximate surface area is 117 Å². The number of hydrogen-bond acceptors (Lipinski definition) is 3. The van der Waals surface area contributed by atoms with Crippen molar-refractivity contribution in [3.63, 3.8) is 0 Å². The first-order valence-corrected chi connectivity index (χ1v) is 15.4. The maximum atomic E-state index is 5.47. The molecule has 0 heterocycles. The molecule has 0 saturated carbocycles. The SMILES string of the molecule is CO[Si](CCC[Si](C)(C)CC[SiH](C)C)(OC)OC. The molecule has 0 spiro atoms. The normalized spacial score (nSPS) is 13.3. The van der Waals surface area contributed by atoms with E-state index in [4.69, 9.17) is 13.3 Å². The average Bonchev–Trinajstić information content (AvgIpc) is 2.33. The molecule has 0 aromatic heterocycles. The van der Waals surface area contributed by atoms with Gasteiger partial charge in [-0.15, -0.1) is 0 Å². The van der Waals surface area contributed by atoms with Gasteiger partial charge in [-0.3, -0.25) is 0 Å². The molecule has 0 saturated heterocycles. The van der Waals surface area contributed by atoms with Gasteiger partial charge < -0.3 is 13.3 Å². The third kappa shape index (κ3) is 7.20. The zero-order chi connectivity index (χ0) is 14.2. The van der Waals surface area contributed by atoms with E-state index in [-0.39, 0.29) is 8.80 Å². The summed E-state index contributed by atoms with van der Waals surface area (Å²) >= 11 is 0. The van der Waals surface area contributed by atoms with Crippen molar-refractivity contribution in [3.8, 4) is 0 Å². The van der Waals surface area contributed by atoms with Crippen LogP contribution in [0.2, 0.25) is 50.4 Å². The highest BCUT2D eigenvalue weighted by atomic mass is 28.4. The van der Waals surface area contributed by atoms with E-state index in [0.717, 1.165) is 6.04 Å². The van der Waals surface area contributed by atoms with Crippen molar-refractivity contribution >= 4 is 25.7 Å². The lowest BCUT2D eigenvalue weighted by atomic mass is 10.6.